The molecule has 0 amide bonds. The molecule has 1 aromatic rings. The second kappa shape index (κ2) is 14.9. The van der Waals surface area contributed by atoms with Crippen molar-refractivity contribution < 1.29 is 104 Å². The molecule has 24 heavy (non-hydrogen) atoms. The Labute approximate surface area is 212 Å². The third kappa shape index (κ3) is 8.00. The Bertz CT molecular complexity index is 475. The van der Waals surface area contributed by atoms with Crippen molar-refractivity contribution in [1.82, 2.24) is 0 Å². The van der Waals surface area contributed by atoms with E-state index in [9.17, 15) is 19.8 Å². The molecule has 0 saturated heterocycles. The van der Waals surface area contributed by atoms with E-state index >= 15 is 0 Å². The van der Waals surface area contributed by atoms with Crippen molar-refractivity contribution in [3.05, 3.63) is 35.9 Å². The Morgan fingerprint density at radius 3 is 1.83 bits per heavy atom. The molecule has 6 heteroatoms. The number of aliphatic carboxylic acids is 2. The molecular weight excluding hydrogens is 342 g/mol. The van der Waals surface area contributed by atoms with Crippen molar-refractivity contribution in [2.45, 2.75) is 63.7 Å². The van der Waals surface area contributed by atoms with Crippen LogP contribution in [-0.2, 0) is 15.0 Å². The van der Waals surface area contributed by atoms with Crippen molar-refractivity contribution in [2.75, 3.05) is 0 Å². The van der Waals surface area contributed by atoms with Crippen LogP contribution in [0, 0.1) is 0 Å². The maximum Gasteiger partial charge on any atom is 1.00 e. The van der Waals surface area contributed by atoms with Gasteiger partial charge in [-0.1, -0.05) is 82.2 Å². The summed E-state index contributed by atoms with van der Waals surface area (Å²) in [4.78, 5) is 23.4. The summed E-state index contributed by atoms with van der Waals surface area (Å²) in [6.45, 7) is 2.16. The Balaban J connectivity index is -0.000000605. The third-order valence-corrected chi connectivity index (χ3v) is 4.15. The summed E-state index contributed by atoms with van der Waals surface area (Å²) in [6, 6.07) is 8.29. The molecule has 4 nitrogen and oxygen atoms in total. The number of carbonyl (C=O) groups is 2. The summed E-state index contributed by atoms with van der Waals surface area (Å²) in [5, 5.41) is 19.1. The second-order valence-corrected chi connectivity index (χ2v) is 5.75. The molecule has 0 atom stereocenters. The average molecular weight is 371 g/mol. The predicted molar refractivity (Wildman–Crippen MR) is 88.2 cm³/mol. The van der Waals surface area contributed by atoms with Gasteiger partial charge in [0.1, 0.15) is 0 Å². The Morgan fingerprint density at radius 2 is 1.38 bits per heavy atom. The molecule has 1 rings (SSSR count). The van der Waals surface area contributed by atoms with E-state index in [0.29, 0.717) is 12.0 Å². The minimum absolute atomic E-state index is 0. The van der Waals surface area contributed by atoms with Gasteiger partial charge in [-0.25, -0.2) is 0 Å². The zero-order valence-electron chi connectivity index (χ0n) is 17.3. The van der Waals surface area contributed by atoms with Crippen LogP contribution in [-0.4, -0.2) is 22.2 Å². The molecule has 0 radical (unpaired) electrons. The summed E-state index contributed by atoms with van der Waals surface area (Å²) < 4.78 is 0. The summed E-state index contributed by atoms with van der Waals surface area (Å²) in [5.41, 5.74) is -1.48. The van der Waals surface area contributed by atoms with Crippen molar-refractivity contribution >= 4 is 11.9 Å². The fourth-order valence-corrected chi connectivity index (χ4v) is 2.77. The largest absolute Gasteiger partial charge is 1.00 e. The van der Waals surface area contributed by atoms with E-state index < -0.39 is 17.4 Å². The number of carboxylic acids is 2. The van der Waals surface area contributed by atoms with E-state index in [1.54, 1.807) is 30.3 Å². The minimum Gasteiger partial charge on any atom is -1.00 e. The zero-order valence-corrected chi connectivity index (χ0v) is 20.4. The first-order valence-corrected chi connectivity index (χ1v) is 8.08. The molecule has 0 bridgehead atoms. The van der Waals surface area contributed by atoms with Gasteiger partial charge in [0.25, 0.3) is 0 Å². The van der Waals surface area contributed by atoms with Gasteiger partial charge in [0.15, 0.2) is 5.41 Å². The summed E-state index contributed by atoms with van der Waals surface area (Å²) in [7, 11) is 0. The molecule has 126 valence electrons. The van der Waals surface area contributed by atoms with Crippen LogP contribution in [0.2, 0.25) is 0 Å². The number of rotatable bonds is 11. The van der Waals surface area contributed by atoms with Crippen LogP contribution in [0.15, 0.2) is 30.3 Å². The van der Waals surface area contributed by atoms with Crippen LogP contribution in [0.5, 0.6) is 0 Å². The number of benzene rings is 1. The van der Waals surface area contributed by atoms with Crippen LogP contribution < -0.4 is 80.9 Å². The molecular formula is C18H28KNaO4. The number of hydrogen-bond acceptors (Lipinski definition) is 2. The molecule has 0 saturated carbocycles. The van der Waals surface area contributed by atoms with E-state index in [4.69, 9.17) is 0 Å². The van der Waals surface area contributed by atoms with Crippen LogP contribution in [0.1, 0.15) is 66.7 Å². The van der Waals surface area contributed by atoms with Crippen molar-refractivity contribution in [2.24, 2.45) is 0 Å². The van der Waals surface area contributed by atoms with Crippen LogP contribution in [0.4, 0.5) is 0 Å². The van der Waals surface area contributed by atoms with Gasteiger partial charge in [-0.2, -0.15) is 0 Å². The fraction of sp³-hybridized carbons (Fsp3) is 0.556. The minimum atomic E-state index is -1.83. The number of unbranched alkanes of at least 4 members (excludes halogenated alkanes) is 6. The van der Waals surface area contributed by atoms with E-state index in [1.807, 2.05) is 0 Å². The number of hydrogen-bond donors (Lipinski definition) is 2. The molecule has 2 N–H and O–H groups in total. The maximum absolute atomic E-state index is 11.7. The molecule has 0 aliphatic carbocycles. The van der Waals surface area contributed by atoms with Gasteiger partial charge in [-0.3, -0.25) is 9.59 Å². The molecule has 0 aliphatic heterocycles. The molecule has 0 heterocycles. The molecule has 0 aliphatic rings. The summed E-state index contributed by atoms with van der Waals surface area (Å²) in [6.07, 6.45) is 7.38. The van der Waals surface area contributed by atoms with E-state index in [0.717, 1.165) is 19.3 Å². The molecule has 0 unspecified atom stereocenters. The Morgan fingerprint density at radius 1 is 0.917 bits per heavy atom. The smallest absolute Gasteiger partial charge is 1.00 e. The SMILES string of the molecule is CCCCCCCCCC(C(=O)O)(C(=O)O)c1ccccc1.[H-].[H-].[K+].[Na+]. The van der Waals surface area contributed by atoms with E-state index in [1.165, 1.54) is 19.3 Å². The second-order valence-electron chi connectivity index (χ2n) is 5.75. The molecule has 0 fully saturated rings. The van der Waals surface area contributed by atoms with Crippen molar-refractivity contribution in [3.63, 3.8) is 0 Å². The molecule has 1 aromatic carbocycles. The van der Waals surface area contributed by atoms with Crippen molar-refractivity contribution in [3.8, 4) is 0 Å². The van der Waals surface area contributed by atoms with Crippen LogP contribution in [0.25, 0.3) is 0 Å². The van der Waals surface area contributed by atoms with Crippen LogP contribution in [0.3, 0.4) is 0 Å². The van der Waals surface area contributed by atoms with Gasteiger partial charge < -0.3 is 13.1 Å². The Hall–Kier alpha value is 0.796. The standard InChI is InChI=1S/C18H26O4.K.Na.2H/c1-2-3-4-5-6-7-11-14-18(16(19)20,17(21)22)15-12-9-8-10-13-15;;;;/h8-10,12-13H,2-7,11,14H2,1H3,(H,19,20)(H,21,22);;;;/q;2*+1;2*-1. The maximum atomic E-state index is 11.7. The summed E-state index contributed by atoms with van der Waals surface area (Å²) >= 11 is 0. The van der Waals surface area contributed by atoms with Crippen LogP contribution >= 0.6 is 0 Å². The van der Waals surface area contributed by atoms with Gasteiger partial charge in [0.2, 0.25) is 0 Å². The van der Waals surface area contributed by atoms with Gasteiger partial charge >= 0.3 is 92.9 Å². The monoisotopic (exact) mass is 370 g/mol. The van der Waals surface area contributed by atoms with Gasteiger partial charge in [0.05, 0.1) is 0 Å². The van der Waals surface area contributed by atoms with E-state index in [-0.39, 0.29) is 90.2 Å². The third-order valence-electron chi connectivity index (χ3n) is 4.15. The average Bonchev–Trinajstić information content (AvgIpc) is 2.50. The first kappa shape index (κ1) is 27.0. The molecule has 0 spiro atoms. The predicted octanol–water partition coefficient (Wildman–Crippen LogP) is -1.53. The first-order valence-electron chi connectivity index (χ1n) is 8.08. The first-order chi connectivity index (χ1) is 10.6. The van der Waals surface area contributed by atoms with Gasteiger partial charge in [0, 0.05) is 0 Å². The quantitative estimate of drug-likeness (QED) is 0.282. The topological polar surface area (TPSA) is 74.6 Å². The Kier molecular flexibility index (Phi) is 16.8. The van der Waals surface area contributed by atoms with Crippen molar-refractivity contribution in [1.29, 1.82) is 0 Å². The fourth-order valence-electron chi connectivity index (χ4n) is 2.77. The normalized spacial score (nSPS) is 10.4. The van der Waals surface area contributed by atoms with E-state index in [2.05, 4.69) is 6.92 Å². The van der Waals surface area contributed by atoms with Gasteiger partial charge in [-0.05, 0) is 12.0 Å². The number of carboxylic acid groups (broad SMARTS) is 2. The molecule has 0 aromatic heterocycles. The van der Waals surface area contributed by atoms with Gasteiger partial charge in [-0.15, -0.1) is 0 Å². The summed E-state index contributed by atoms with van der Waals surface area (Å²) in [5.74, 6) is -2.56. The zero-order chi connectivity index (χ0) is 16.4.